The van der Waals surface area contributed by atoms with Crippen LogP contribution in [0.5, 0.6) is 0 Å². The Morgan fingerprint density at radius 1 is 1.09 bits per heavy atom. The number of nitrogens with two attached hydrogens (primary N) is 1. The molecule has 1 aliphatic rings. The number of hydrogen-bond donors (Lipinski definition) is 3. The van der Waals surface area contributed by atoms with Crippen LogP contribution in [0.25, 0.3) is 11.3 Å². The normalized spacial score (nSPS) is 16.9. The average Bonchev–Trinajstić information content (AvgIpc) is 2.86. The molecule has 0 aliphatic carbocycles. The van der Waals surface area contributed by atoms with Gasteiger partial charge in [-0.05, 0) is 55.8 Å². The van der Waals surface area contributed by atoms with Crippen molar-refractivity contribution >= 4 is 17.5 Å². The highest BCUT2D eigenvalue weighted by molar-refractivity contribution is 5.62. The summed E-state index contributed by atoms with van der Waals surface area (Å²) in [4.78, 5) is 18.4. The van der Waals surface area contributed by atoms with Crippen molar-refractivity contribution in [3.8, 4) is 11.3 Å². The van der Waals surface area contributed by atoms with Gasteiger partial charge in [0.1, 0.15) is 5.82 Å². The number of nitrogen functional groups attached to an aromatic ring is 1. The van der Waals surface area contributed by atoms with Crippen molar-refractivity contribution in [2.24, 2.45) is 0 Å². The molecule has 1 aliphatic heterocycles. The molecule has 1 unspecified atom stereocenters. The standard InChI is InChI=1S/C27H38N8/c1-3-4-11-29-13-14-35-16-15-34(19-21(35)2)20-22-6-5-7-24(17-22)32-27-30-12-10-25(33-27)23-8-9-26(28)31-18-23/h5-10,12,17-18,21,29H,3-4,11,13-16,19-20H2,1-2H3,(H2,28,31)(H,30,32,33). The summed E-state index contributed by atoms with van der Waals surface area (Å²) in [5, 5.41) is 6.92. The molecule has 0 saturated carbocycles. The molecule has 0 amide bonds. The Morgan fingerprint density at radius 2 is 2.00 bits per heavy atom. The molecule has 3 aromatic rings. The lowest BCUT2D eigenvalue weighted by molar-refractivity contribution is 0.0797. The summed E-state index contributed by atoms with van der Waals surface area (Å²) in [5.41, 5.74) is 9.69. The van der Waals surface area contributed by atoms with E-state index < -0.39 is 0 Å². The minimum atomic E-state index is 0.494. The number of nitrogens with zero attached hydrogens (tertiary/aromatic N) is 5. The smallest absolute Gasteiger partial charge is 0.227 e. The number of aromatic nitrogens is 3. The Morgan fingerprint density at radius 3 is 2.80 bits per heavy atom. The lowest BCUT2D eigenvalue weighted by atomic mass is 10.1. The predicted octanol–water partition coefficient (Wildman–Crippen LogP) is 3.76. The van der Waals surface area contributed by atoms with Gasteiger partial charge in [0.2, 0.25) is 5.95 Å². The van der Waals surface area contributed by atoms with Gasteiger partial charge in [-0.3, -0.25) is 9.80 Å². The van der Waals surface area contributed by atoms with E-state index in [1.165, 1.54) is 18.4 Å². The van der Waals surface area contributed by atoms with Gasteiger partial charge >= 0.3 is 0 Å². The van der Waals surface area contributed by atoms with Gasteiger partial charge in [-0.1, -0.05) is 25.5 Å². The maximum Gasteiger partial charge on any atom is 0.227 e. The van der Waals surface area contributed by atoms with E-state index in [-0.39, 0.29) is 0 Å². The van der Waals surface area contributed by atoms with Crippen molar-refractivity contribution in [2.45, 2.75) is 39.3 Å². The zero-order chi connectivity index (χ0) is 24.5. The fraction of sp³-hybridized carbons (Fsp3) is 0.444. The van der Waals surface area contributed by atoms with Gasteiger partial charge in [0, 0.05) is 69.0 Å². The average molecular weight is 475 g/mol. The molecule has 35 heavy (non-hydrogen) atoms. The van der Waals surface area contributed by atoms with Crippen molar-refractivity contribution in [1.82, 2.24) is 30.1 Å². The van der Waals surface area contributed by atoms with E-state index in [2.05, 4.69) is 73.5 Å². The molecule has 0 radical (unpaired) electrons. The fourth-order valence-electron chi connectivity index (χ4n) is 4.47. The molecule has 1 saturated heterocycles. The highest BCUT2D eigenvalue weighted by Crippen LogP contribution is 2.21. The van der Waals surface area contributed by atoms with Gasteiger partial charge in [0.25, 0.3) is 0 Å². The number of pyridine rings is 1. The monoisotopic (exact) mass is 474 g/mol. The zero-order valence-corrected chi connectivity index (χ0v) is 21.0. The Bertz CT molecular complexity index is 1060. The van der Waals surface area contributed by atoms with Crippen LogP contribution in [0.1, 0.15) is 32.3 Å². The summed E-state index contributed by atoms with van der Waals surface area (Å²) < 4.78 is 0. The van der Waals surface area contributed by atoms with Crippen LogP contribution in [-0.2, 0) is 6.54 Å². The number of rotatable bonds is 11. The van der Waals surface area contributed by atoms with Crippen molar-refractivity contribution in [1.29, 1.82) is 0 Å². The molecule has 4 rings (SSSR count). The second kappa shape index (κ2) is 12.6. The lowest BCUT2D eigenvalue weighted by Gasteiger charge is -2.40. The fourth-order valence-corrected chi connectivity index (χ4v) is 4.47. The first-order chi connectivity index (χ1) is 17.1. The lowest BCUT2D eigenvalue weighted by Crippen LogP contribution is -2.52. The van der Waals surface area contributed by atoms with Crippen molar-refractivity contribution in [3.05, 3.63) is 60.4 Å². The van der Waals surface area contributed by atoms with Crippen LogP contribution in [0.2, 0.25) is 0 Å². The number of unbranched alkanes of at least 4 members (excludes halogenated alkanes) is 1. The molecule has 1 fully saturated rings. The Hall–Kier alpha value is -3.07. The molecule has 4 N–H and O–H groups in total. The Balaban J connectivity index is 1.30. The molecule has 186 valence electrons. The SMILES string of the molecule is CCCCNCCN1CCN(Cc2cccc(Nc3nccc(-c4ccc(N)nc4)n3)c2)CC1C. The maximum atomic E-state index is 5.70. The molecule has 3 heterocycles. The van der Waals surface area contributed by atoms with Gasteiger partial charge in [0.05, 0.1) is 5.69 Å². The molecule has 0 spiro atoms. The Kier molecular flexibility index (Phi) is 9.00. The minimum Gasteiger partial charge on any atom is -0.384 e. The van der Waals surface area contributed by atoms with Crippen LogP contribution >= 0.6 is 0 Å². The minimum absolute atomic E-state index is 0.494. The second-order valence-corrected chi connectivity index (χ2v) is 9.29. The van der Waals surface area contributed by atoms with Crippen LogP contribution in [0.3, 0.4) is 0 Å². The molecule has 8 heteroatoms. The number of hydrogen-bond acceptors (Lipinski definition) is 8. The van der Waals surface area contributed by atoms with Gasteiger partial charge in [0.15, 0.2) is 0 Å². The van der Waals surface area contributed by atoms with Crippen molar-refractivity contribution in [3.63, 3.8) is 0 Å². The van der Waals surface area contributed by atoms with E-state index in [9.17, 15) is 0 Å². The first-order valence-electron chi connectivity index (χ1n) is 12.7. The van der Waals surface area contributed by atoms with Crippen LogP contribution < -0.4 is 16.4 Å². The summed E-state index contributed by atoms with van der Waals surface area (Å²) in [6, 6.07) is 14.7. The first kappa shape index (κ1) is 25.0. The highest BCUT2D eigenvalue weighted by Gasteiger charge is 2.23. The molecule has 1 aromatic carbocycles. The van der Waals surface area contributed by atoms with E-state index >= 15 is 0 Å². The maximum absolute atomic E-state index is 5.70. The number of benzene rings is 1. The topological polar surface area (TPSA) is 95.2 Å². The summed E-state index contributed by atoms with van der Waals surface area (Å²) >= 11 is 0. The van der Waals surface area contributed by atoms with E-state index in [1.54, 1.807) is 18.5 Å². The third kappa shape index (κ3) is 7.45. The number of piperazine rings is 1. The largest absolute Gasteiger partial charge is 0.384 e. The number of anilines is 3. The molecule has 1 atom stereocenters. The van der Waals surface area contributed by atoms with Gasteiger partial charge in [-0.15, -0.1) is 0 Å². The molecule has 8 nitrogen and oxygen atoms in total. The Labute approximate surface area is 209 Å². The molecular weight excluding hydrogens is 436 g/mol. The molecule has 0 bridgehead atoms. The van der Waals surface area contributed by atoms with Gasteiger partial charge in [-0.25, -0.2) is 15.0 Å². The van der Waals surface area contributed by atoms with E-state index in [1.807, 2.05) is 12.1 Å². The van der Waals surface area contributed by atoms with E-state index in [0.717, 1.165) is 62.8 Å². The van der Waals surface area contributed by atoms with Crippen LogP contribution in [-0.4, -0.2) is 70.1 Å². The first-order valence-corrected chi connectivity index (χ1v) is 12.7. The predicted molar refractivity (Wildman–Crippen MR) is 143 cm³/mol. The van der Waals surface area contributed by atoms with Crippen LogP contribution in [0.15, 0.2) is 54.9 Å². The summed E-state index contributed by atoms with van der Waals surface area (Å²) in [7, 11) is 0. The summed E-state index contributed by atoms with van der Waals surface area (Å²) in [6.07, 6.45) is 5.99. The molecular formula is C27H38N8. The van der Waals surface area contributed by atoms with Crippen LogP contribution in [0, 0.1) is 0 Å². The second-order valence-electron chi connectivity index (χ2n) is 9.29. The molecule has 2 aromatic heterocycles. The quantitative estimate of drug-likeness (QED) is 0.362. The summed E-state index contributed by atoms with van der Waals surface area (Å²) in [5.74, 6) is 1.06. The van der Waals surface area contributed by atoms with Gasteiger partial charge in [-0.2, -0.15) is 0 Å². The summed E-state index contributed by atoms with van der Waals surface area (Å²) in [6.45, 7) is 12.2. The van der Waals surface area contributed by atoms with Crippen LogP contribution in [0.4, 0.5) is 17.5 Å². The van der Waals surface area contributed by atoms with Crippen molar-refractivity contribution in [2.75, 3.05) is 50.3 Å². The zero-order valence-electron chi connectivity index (χ0n) is 21.0. The third-order valence-corrected chi connectivity index (χ3v) is 6.46. The van der Waals surface area contributed by atoms with E-state index in [0.29, 0.717) is 17.8 Å². The van der Waals surface area contributed by atoms with Crippen molar-refractivity contribution < 1.29 is 0 Å². The van der Waals surface area contributed by atoms with E-state index in [4.69, 9.17) is 5.73 Å². The number of nitrogens with one attached hydrogen (secondary N) is 2. The van der Waals surface area contributed by atoms with Gasteiger partial charge < -0.3 is 16.4 Å². The highest BCUT2D eigenvalue weighted by atomic mass is 15.3. The third-order valence-electron chi connectivity index (χ3n) is 6.46.